The molecule has 0 radical (unpaired) electrons. The van der Waals surface area contributed by atoms with Crippen molar-refractivity contribution in [3.05, 3.63) is 35.9 Å². The van der Waals surface area contributed by atoms with E-state index in [-0.39, 0.29) is 50.0 Å². The quantitative estimate of drug-likeness (QED) is 0.676. The molecule has 3 amide bonds. The number of carboxylic acid groups (broad SMARTS) is 1. The lowest BCUT2D eigenvalue weighted by Crippen LogP contribution is -2.50. The van der Waals surface area contributed by atoms with Gasteiger partial charge >= 0.3 is 5.97 Å². The second-order valence-corrected chi connectivity index (χ2v) is 6.48. The summed E-state index contributed by atoms with van der Waals surface area (Å²) in [5, 5.41) is 17.3. The minimum absolute atomic E-state index is 0.0253. The van der Waals surface area contributed by atoms with Crippen molar-refractivity contribution in [3.8, 4) is 0 Å². The number of carbonyl (C=O) groups excluding carboxylic acids is 3. The number of nitrogens with zero attached hydrogens (tertiary/aromatic N) is 3. The Labute approximate surface area is 163 Å². The highest BCUT2D eigenvalue weighted by molar-refractivity contribution is 6.39. The Hall–Kier alpha value is -3.23. The lowest BCUT2D eigenvalue weighted by atomic mass is 10.1. The number of benzene rings is 1. The van der Waals surface area contributed by atoms with E-state index in [9.17, 15) is 24.3 Å². The molecule has 0 aliphatic carbocycles. The van der Waals surface area contributed by atoms with E-state index in [1.807, 2.05) is 30.3 Å². The van der Waals surface area contributed by atoms with E-state index in [0.29, 0.717) is 0 Å². The highest BCUT2D eigenvalue weighted by atomic mass is 16.4. The van der Waals surface area contributed by atoms with Crippen LogP contribution in [0, 0.1) is 0 Å². The van der Waals surface area contributed by atoms with Crippen molar-refractivity contribution < 1.29 is 24.3 Å². The van der Waals surface area contributed by atoms with E-state index in [2.05, 4.69) is 10.4 Å². The van der Waals surface area contributed by atoms with Crippen molar-refractivity contribution in [2.24, 2.45) is 5.10 Å². The summed E-state index contributed by atoms with van der Waals surface area (Å²) in [5.41, 5.74) is 1.00. The zero-order chi connectivity index (χ0) is 20.7. The standard InChI is InChI=1S/C19H24N4O5/c1-13(19(27)28)22(11-10-20-14(2)24)18(26)16-8-9-17(25)23(21-16)12-15-6-4-3-5-7-15/h3-7,13H,8-12H2,1-2H3,(H,20,24)(H,27,28). The normalized spacial score (nSPS) is 14.9. The summed E-state index contributed by atoms with van der Waals surface area (Å²) >= 11 is 0. The monoisotopic (exact) mass is 388 g/mol. The van der Waals surface area contributed by atoms with Crippen molar-refractivity contribution in [2.75, 3.05) is 13.1 Å². The van der Waals surface area contributed by atoms with E-state index in [1.54, 1.807) is 0 Å². The van der Waals surface area contributed by atoms with E-state index in [4.69, 9.17) is 0 Å². The van der Waals surface area contributed by atoms with Crippen LogP contribution in [0.1, 0.15) is 32.3 Å². The van der Waals surface area contributed by atoms with Crippen molar-refractivity contribution >= 4 is 29.4 Å². The number of aliphatic carboxylic acids is 1. The van der Waals surface area contributed by atoms with Gasteiger partial charge in [0.2, 0.25) is 11.8 Å². The van der Waals surface area contributed by atoms with Crippen LogP contribution in [0.2, 0.25) is 0 Å². The molecule has 28 heavy (non-hydrogen) atoms. The number of hydrogen-bond acceptors (Lipinski definition) is 5. The molecule has 1 aromatic rings. The number of hydrogen-bond donors (Lipinski definition) is 2. The van der Waals surface area contributed by atoms with Gasteiger partial charge in [-0.15, -0.1) is 0 Å². The topological polar surface area (TPSA) is 119 Å². The molecule has 150 valence electrons. The van der Waals surface area contributed by atoms with E-state index < -0.39 is 17.9 Å². The second kappa shape index (κ2) is 9.63. The molecule has 0 saturated heterocycles. The molecule has 1 heterocycles. The molecule has 9 nitrogen and oxygen atoms in total. The predicted octanol–water partition coefficient (Wildman–Crippen LogP) is 0.603. The summed E-state index contributed by atoms with van der Waals surface area (Å²) in [4.78, 5) is 48.7. The molecule has 1 unspecified atom stereocenters. The van der Waals surface area contributed by atoms with Crippen molar-refractivity contribution in [2.45, 2.75) is 39.3 Å². The summed E-state index contributed by atoms with van der Waals surface area (Å²) in [6, 6.07) is 8.16. The van der Waals surface area contributed by atoms with Gasteiger partial charge in [-0.25, -0.2) is 9.80 Å². The molecular weight excluding hydrogens is 364 g/mol. The number of carbonyl (C=O) groups is 4. The minimum atomic E-state index is -1.16. The summed E-state index contributed by atoms with van der Waals surface area (Å²) in [6.45, 7) is 3.11. The number of nitrogens with one attached hydrogen (secondary N) is 1. The number of carboxylic acids is 1. The molecule has 0 spiro atoms. The highest BCUT2D eigenvalue weighted by Crippen LogP contribution is 2.15. The first-order valence-electron chi connectivity index (χ1n) is 8.99. The van der Waals surface area contributed by atoms with Crippen LogP contribution >= 0.6 is 0 Å². The van der Waals surface area contributed by atoms with Crippen LogP contribution in [-0.2, 0) is 25.7 Å². The molecule has 1 aromatic carbocycles. The first kappa shape index (κ1) is 21.1. The van der Waals surface area contributed by atoms with Gasteiger partial charge in [0.25, 0.3) is 5.91 Å². The Morgan fingerprint density at radius 2 is 1.93 bits per heavy atom. The maximum absolute atomic E-state index is 12.9. The maximum atomic E-state index is 12.9. The number of rotatable bonds is 8. The lowest BCUT2D eigenvalue weighted by Gasteiger charge is -2.29. The largest absolute Gasteiger partial charge is 0.480 e. The van der Waals surface area contributed by atoms with Gasteiger partial charge in [0.1, 0.15) is 11.8 Å². The third-order valence-corrected chi connectivity index (χ3v) is 4.34. The molecule has 1 atom stereocenters. The number of hydrazone groups is 1. The van der Waals surface area contributed by atoms with Crippen LogP contribution in [0.5, 0.6) is 0 Å². The molecule has 1 aliphatic heterocycles. The summed E-state index contributed by atoms with van der Waals surface area (Å²) in [6.07, 6.45) is 0.268. The van der Waals surface area contributed by atoms with Gasteiger partial charge in [0.05, 0.1) is 6.54 Å². The molecular formula is C19H24N4O5. The van der Waals surface area contributed by atoms with Crippen molar-refractivity contribution in [3.63, 3.8) is 0 Å². The van der Waals surface area contributed by atoms with Gasteiger partial charge in [-0.3, -0.25) is 14.4 Å². The molecule has 0 saturated carbocycles. The molecule has 0 bridgehead atoms. The fourth-order valence-corrected chi connectivity index (χ4v) is 2.76. The van der Waals surface area contributed by atoms with Gasteiger partial charge in [-0.2, -0.15) is 5.10 Å². The Morgan fingerprint density at radius 1 is 1.25 bits per heavy atom. The van der Waals surface area contributed by atoms with Gasteiger partial charge in [0, 0.05) is 32.9 Å². The molecule has 0 fully saturated rings. The molecule has 9 heteroatoms. The Kier molecular flexibility index (Phi) is 7.25. The average Bonchev–Trinajstić information content (AvgIpc) is 2.66. The second-order valence-electron chi connectivity index (χ2n) is 6.48. The van der Waals surface area contributed by atoms with Crippen LogP contribution in [-0.4, -0.2) is 63.5 Å². The Morgan fingerprint density at radius 3 is 2.54 bits per heavy atom. The van der Waals surface area contributed by atoms with Crippen LogP contribution in [0.15, 0.2) is 35.4 Å². The van der Waals surface area contributed by atoms with E-state index in [1.165, 1.54) is 18.9 Å². The Balaban J connectivity index is 2.18. The SMILES string of the molecule is CC(=O)NCCN(C(=O)C1=NN(Cc2ccccc2)C(=O)CC1)C(C)C(=O)O. The predicted molar refractivity (Wildman–Crippen MR) is 101 cm³/mol. The number of amides is 3. The van der Waals surface area contributed by atoms with Crippen molar-refractivity contribution in [1.82, 2.24) is 15.2 Å². The third kappa shape index (κ3) is 5.63. The lowest BCUT2D eigenvalue weighted by molar-refractivity contribution is -0.147. The molecule has 2 rings (SSSR count). The molecule has 2 N–H and O–H groups in total. The zero-order valence-electron chi connectivity index (χ0n) is 15.9. The van der Waals surface area contributed by atoms with Crippen LogP contribution in [0.4, 0.5) is 0 Å². The summed E-state index contributed by atoms with van der Waals surface area (Å²) in [7, 11) is 0. The van der Waals surface area contributed by atoms with E-state index in [0.717, 1.165) is 10.5 Å². The smallest absolute Gasteiger partial charge is 0.326 e. The van der Waals surface area contributed by atoms with Crippen molar-refractivity contribution in [1.29, 1.82) is 0 Å². The first-order chi connectivity index (χ1) is 13.3. The van der Waals surface area contributed by atoms with Gasteiger partial charge < -0.3 is 15.3 Å². The van der Waals surface area contributed by atoms with Crippen LogP contribution < -0.4 is 5.32 Å². The highest BCUT2D eigenvalue weighted by Gasteiger charge is 2.32. The summed E-state index contributed by atoms with van der Waals surface area (Å²) < 4.78 is 0. The van der Waals surface area contributed by atoms with Gasteiger partial charge in [0.15, 0.2) is 0 Å². The van der Waals surface area contributed by atoms with Crippen LogP contribution in [0.25, 0.3) is 0 Å². The van der Waals surface area contributed by atoms with Gasteiger partial charge in [-0.1, -0.05) is 30.3 Å². The average molecular weight is 388 g/mol. The summed E-state index contributed by atoms with van der Waals surface area (Å²) in [5.74, 6) is -2.18. The minimum Gasteiger partial charge on any atom is -0.480 e. The molecule has 1 aliphatic rings. The van der Waals surface area contributed by atoms with Gasteiger partial charge in [-0.05, 0) is 12.5 Å². The fourth-order valence-electron chi connectivity index (χ4n) is 2.76. The maximum Gasteiger partial charge on any atom is 0.326 e. The van der Waals surface area contributed by atoms with E-state index >= 15 is 0 Å². The first-order valence-corrected chi connectivity index (χ1v) is 8.99. The Bertz CT molecular complexity index is 778. The van der Waals surface area contributed by atoms with Crippen LogP contribution in [0.3, 0.4) is 0 Å². The third-order valence-electron chi connectivity index (χ3n) is 4.34. The zero-order valence-corrected chi connectivity index (χ0v) is 15.9. The molecule has 0 aromatic heterocycles. The fraction of sp³-hybridized carbons (Fsp3) is 0.421.